The van der Waals surface area contributed by atoms with Gasteiger partial charge in [0.25, 0.3) is 5.91 Å². The van der Waals surface area contributed by atoms with Gasteiger partial charge < -0.3 is 19.9 Å². The molecule has 0 spiro atoms. The van der Waals surface area contributed by atoms with Crippen molar-refractivity contribution in [3.8, 4) is 11.5 Å². The van der Waals surface area contributed by atoms with Crippen LogP contribution < -0.4 is 14.8 Å². The Balaban J connectivity index is 2.35. The van der Waals surface area contributed by atoms with Gasteiger partial charge in [-0.15, -0.1) is 0 Å². The quantitative estimate of drug-likeness (QED) is 0.588. The Morgan fingerprint density at radius 2 is 2.08 bits per heavy atom. The van der Waals surface area contributed by atoms with E-state index in [1.165, 1.54) is 13.2 Å². The molecular weight excluding hydrogens is 352 g/mol. The summed E-state index contributed by atoms with van der Waals surface area (Å²) in [4.78, 5) is 35.2. The summed E-state index contributed by atoms with van der Waals surface area (Å²) in [5, 5.41) is 11.4. The van der Waals surface area contributed by atoms with Gasteiger partial charge in [0.05, 0.1) is 18.2 Å². The molecule has 0 aromatic heterocycles. The van der Waals surface area contributed by atoms with Crippen LogP contribution in [0.3, 0.4) is 0 Å². The van der Waals surface area contributed by atoms with E-state index in [0.29, 0.717) is 22.0 Å². The molecule has 0 aliphatic carbocycles. The lowest BCUT2D eigenvalue weighted by atomic mass is 10.1. The molecule has 1 fully saturated rings. The predicted molar refractivity (Wildman–Crippen MR) is 89.6 cm³/mol. The Hall–Kier alpha value is -2.74. The van der Waals surface area contributed by atoms with Gasteiger partial charge in [0.2, 0.25) is 0 Å². The zero-order valence-electron chi connectivity index (χ0n) is 13.8. The van der Waals surface area contributed by atoms with Crippen LogP contribution in [0.25, 0.3) is 6.08 Å². The zero-order valence-corrected chi connectivity index (χ0v) is 14.6. The molecule has 1 aliphatic heterocycles. The number of amides is 3. The molecule has 1 aromatic rings. The Labute approximate surface area is 149 Å². The number of nitrogens with one attached hydrogen (secondary N) is 1. The van der Waals surface area contributed by atoms with Crippen LogP contribution in [-0.2, 0) is 9.59 Å². The van der Waals surface area contributed by atoms with E-state index < -0.39 is 24.5 Å². The van der Waals surface area contributed by atoms with Gasteiger partial charge in [-0.3, -0.25) is 9.59 Å². The number of carbonyl (C=O) groups is 3. The molecule has 0 saturated carbocycles. The monoisotopic (exact) mass is 368 g/mol. The zero-order chi connectivity index (χ0) is 18.7. The highest BCUT2D eigenvalue weighted by molar-refractivity contribution is 6.32. The van der Waals surface area contributed by atoms with E-state index in [0.717, 1.165) is 0 Å². The van der Waals surface area contributed by atoms with Crippen LogP contribution in [0.1, 0.15) is 19.4 Å². The summed E-state index contributed by atoms with van der Waals surface area (Å²) in [7, 11) is 1.45. The Morgan fingerprint density at radius 3 is 2.64 bits per heavy atom. The Bertz CT molecular complexity index is 759. The van der Waals surface area contributed by atoms with Crippen LogP contribution >= 0.6 is 11.6 Å². The summed E-state index contributed by atoms with van der Waals surface area (Å²) in [6, 6.07) is 2.35. The molecule has 0 unspecified atom stereocenters. The van der Waals surface area contributed by atoms with E-state index in [-0.39, 0.29) is 16.8 Å². The van der Waals surface area contributed by atoms with E-state index in [9.17, 15) is 14.4 Å². The topological polar surface area (TPSA) is 105 Å². The first-order valence-electron chi connectivity index (χ1n) is 7.33. The molecule has 9 heteroatoms. The van der Waals surface area contributed by atoms with Crippen LogP contribution in [0.15, 0.2) is 17.8 Å². The van der Waals surface area contributed by atoms with E-state index in [4.69, 9.17) is 26.2 Å². The normalized spacial score (nSPS) is 15.7. The number of hydrogen-bond donors (Lipinski definition) is 2. The standard InChI is InChI=1S/C16H17ClN2O6/c1-8(2)25-14-10(17)4-9(6-12(14)24-3)5-11-15(22)19(7-13(20)21)16(23)18-11/h4-6,8H,7H2,1-3H3,(H,18,23)(H,20,21)/b11-5+. The van der Waals surface area contributed by atoms with Gasteiger partial charge in [-0.25, -0.2) is 9.69 Å². The smallest absolute Gasteiger partial charge is 0.329 e. The van der Waals surface area contributed by atoms with Crippen LogP contribution in [0.4, 0.5) is 4.79 Å². The number of imide groups is 1. The van der Waals surface area contributed by atoms with E-state index in [2.05, 4.69) is 5.32 Å². The summed E-state index contributed by atoms with van der Waals surface area (Å²) < 4.78 is 10.9. The van der Waals surface area contributed by atoms with E-state index in [1.807, 2.05) is 13.8 Å². The molecular formula is C16H17ClN2O6. The van der Waals surface area contributed by atoms with Gasteiger partial charge >= 0.3 is 12.0 Å². The molecule has 2 rings (SSSR count). The minimum Gasteiger partial charge on any atom is -0.493 e. The molecule has 0 atom stereocenters. The van der Waals surface area contributed by atoms with Gasteiger partial charge in [-0.2, -0.15) is 0 Å². The number of nitrogens with zero attached hydrogens (tertiary/aromatic N) is 1. The molecule has 0 bridgehead atoms. The maximum Gasteiger partial charge on any atom is 0.329 e. The van der Waals surface area contributed by atoms with Gasteiger partial charge in [0.1, 0.15) is 12.2 Å². The van der Waals surface area contributed by atoms with Crippen LogP contribution in [0.5, 0.6) is 11.5 Å². The van der Waals surface area contributed by atoms with Crippen molar-refractivity contribution in [3.05, 3.63) is 28.4 Å². The summed E-state index contributed by atoms with van der Waals surface area (Å²) >= 11 is 6.21. The summed E-state index contributed by atoms with van der Waals surface area (Å²) in [6.07, 6.45) is 1.27. The average molecular weight is 369 g/mol. The third kappa shape index (κ3) is 4.21. The minimum atomic E-state index is -1.29. The van der Waals surface area contributed by atoms with Gasteiger partial charge in [-0.05, 0) is 37.6 Å². The first-order valence-corrected chi connectivity index (χ1v) is 7.71. The fraction of sp³-hybridized carbons (Fsp3) is 0.312. The number of halogens is 1. The minimum absolute atomic E-state index is 0.0538. The second-order valence-electron chi connectivity index (χ2n) is 5.47. The fourth-order valence-corrected chi connectivity index (χ4v) is 2.45. The number of aliphatic carboxylic acids is 1. The molecule has 1 aromatic carbocycles. The number of urea groups is 1. The number of ether oxygens (including phenoxy) is 2. The summed E-state index contributed by atoms with van der Waals surface area (Å²) in [5.74, 6) is -1.28. The van der Waals surface area contributed by atoms with Crippen LogP contribution in [0.2, 0.25) is 5.02 Å². The van der Waals surface area contributed by atoms with Crippen LogP contribution in [0, 0.1) is 0 Å². The third-order valence-corrected chi connectivity index (χ3v) is 3.45. The summed E-state index contributed by atoms with van der Waals surface area (Å²) in [6.45, 7) is 2.97. The highest BCUT2D eigenvalue weighted by Gasteiger charge is 2.34. The second kappa shape index (κ2) is 7.43. The van der Waals surface area contributed by atoms with Gasteiger partial charge in [-0.1, -0.05) is 11.6 Å². The molecule has 8 nitrogen and oxygen atoms in total. The average Bonchev–Trinajstić information content (AvgIpc) is 2.76. The number of carboxylic acid groups (broad SMARTS) is 1. The predicted octanol–water partition coefficient (Wildman–Crippen LogP) is 2.11. The largest absolute Gasteiger partial charge is 0.493 e. The molecule has 1 aliphatic rings. The van der Waals surface area contributed by atoms with Crippen LogP contribution in [-0.4, -0.2) is 47.7 Å². The van der Waals surface area contributed by atoms with E-state index in [1.54, 1.807) is 12.1 Å². The summed E-state index contributed by atoms with van der Waals surface area (Å²) in [5.41, 5.74) is 0.431. The van der Waals surface area contributed by atoms with Crippen molar-refractivity contribution >= 4 is 35.6 Å². The highest BCUT2D eigenvalue weighted by Crippen LogP contribution is 2.37. The lowest BCUT2D eigenvalue weighted by Gasteiger charge is -2.15. The Kier molecular flexibility index (Phi) is 5.53. The SMILES string of the molecule is COc1cc(/C=C2/NC(=O)N(CC(=O)O)C2=O)cc(Cl)c1OC(C)C. The number of methoxy groups -OCH3 is 1. The lowest BCUT2D eigenvalue weighted by Crippen LogP contribution is -2.35. The van der Waals surface area contributed by atoms with Crippen molar-refractivity contribution < 1.29 is 29.0 Å². The maximum atomic E-state index is 12.1. The number of carboxylic acids is 1. The molecule has 2 N–H and O–H groups in total. The Morgan fingerprint density at radius 1 is 1.40 bits per heavy atom. The lowest BCUT2D eigenvalue weighted by molar-refractivity contribution is -0.140. The number of carbonyl (C=O) groups excluding carboxylic acids is 2. The van der Waals surface area contributed by atoms with Gasteiger partial charge in [0.15, 0.2) is 11.5 Å². The third-order valence-electron chi connectivity index (χ3n) is 3.17. The first-order chi connectivity index (χ1) is 11.7. The van der Waals surface area contributed by atoms with E-state index >= 15 is 0 Å². The molecule has 1 saturated heterocycles. The van der Waals surface area contributed by atoms with Crippen molar-refractivity contribution in [2.24, 2.45) is 0 Å². The van der Waals surface area contributed by atoms with Crippen molar-refractivity contribution in [2.45, 2.75) is 20.0 Å². The molecule has 25 heavy (non-hydrogen) atoms. The van der Waals surface area contributed by atoms with Crippen molar-refractivity contribution in [1.82, 2.24) is 10.2 Å². The molecule has 0 radical (unpaired) electrons. The highest BCUT2D eigenvalue weighted by atomic mass is 35.5. The fourth-order valence-electron chi connectivity index (χ4n) is 2.19. The number of hydrogen-bond acceptors (Lipinski definition) is 5. The second-order valence-corrected chi connectivity index (χ2v) is 5.88. The number of benzene rings is 1. The molecule has 134 valence electrons. The molecule has 1 heterocycles. The maximum absolute atomic E-state index is 12.1. The van der Waals surface area contributed by atoms with Crippen molar-refractivity contribution in [3.63, 3.8) is 0 Å². The first kappa shape index (κ1) is 18.6. The van der Waals surface area contributed by atoms with Crippen molar-refractivity contribution in [2.75, 3.05) is 13.7 Å². The molecule has 3 amide bonds. The van der Waals surface area contributed by atoms with Crippen molar-refractivity contribution in [1.29, 1.82) is 0 Å². The van der Waals surface area contributed by atoms with Gasteiger partial charge in [0, 0.05) is 0 Å². The number of rotatable bonds is 6.